The third kappa shape index (κ3) is 3.05. The second-order valence-corrected chi connectivity index (χ2v) is 4.74. The molecule has 2 heterocycles. The minimum absolute atomic E-state index is 0.00764. The molecule has 0 spiro atoms. The molecule has 100 valence electrons. The van der Waals surface area contributed by atoms with Gasteiger partial charge in [-0.05, 0) is 24.6 Å². The lowest BCUT2D eigenvalue weighted by molar-refractivity contribution is -0.0457. The third-order valence-electron chi connectivity index (χ3n) is 3.43. The number of hydrazine groups is 1. The molecule has 2 rings (SSSR count). The van der Waals surface area contributed by atoms with Crippen molar-refractivity contribution in [3.63, 3.8) is 0 Å². The molecule has 0 radical (unpaired) electrons. The summed E-state index contributed by atoms with van der Waals surface area (Å²) < 4.78 is 5.85. The summed E-state index contributed by atoms with van der Waals surface area (Å²) >= 11 is 0. The number of hydrogen-bond donors (Lipinski definition) is 2. The summed E-state index contributed by atoms with van der Waals surface area (Å²) in [6.07, 6.45) is 3.77. The van der Waals surface area contributed by atoms with Crippen LogP contribution >= 0.6 is 0 Å². The molecule has 2 unspecified atom stereocenters. The molecule has 1 fully saturated rings. The van der Waals surface area contributed by atoms with Crippen LogP contribution < -0.4 is 11.3 Å². The van der Waals surface area contributed by atoms with Crippen LogP contribution in [0, 0.1) is 6.92 Å². The van der Waals surface area contributed by atoms with E-state index in [1.165, 1.54) is 0 Å². The Labute approximate surface area is 108 Å². The summed E-state index contributed by atoms with van der Waals surface area (Å²) in [5.41, 5.74) is 5.09. The molecule has 5 nitrogen and oxygen atoms in total. The molecule has 2 atom stereocenters. The third-order valence-corrected chi connectivity index (χ3v) is 3.43. The maximum atomic E-state index is 5.85. The second kappa shape index (κ2) is 6.24. The molecule has 0 bridgehead atoms. The van der Waals surface area contributed by atoms with Gasteiger partial charge in [-0.1, -0.05) is 13.0 Å². The Morgan fingerprint density at radius 1 is 1.61 bits per heavy atom. The van der Waals surface area contributed by atoms with E-state index in [1.807, 2.05) is 19.3 Å². The summed E-state index contributed by atoms with van der Waals surface area (Å²) in [7, 11) is 0. The molecular weight excluding hydrogens is 228 g/mol. The van der Waals surface area contributed by atoms with Gasteiger partial charge in [-0.25, -0.2) is 0 Å². The van der Waals surface area contributed by atoms with E-state index in [9.17, 15) is 0 Å². The van der Waals surface area contributed by atoms with Gasteiger partial charge in [0.15, 0.2) is 0 Å². The Balaban J connectivity index is 2.12. The van der Waals surface area contributed by atoms with Crippen LogP contribution in [0.25, 0.3) is 0 Å². The van der Waals surface area contributed by atoms with Crippen LogP contribution in [-0.4, -0.2) is 42.2 Å². The van der Waals surface area contributed by atoms with E-state index < -0.39 is 0 Å². The molecule has 1 aromatic heterocycles. The van der Waals surface area contributed by atoms with Crippen LogP contribution in [0.15, 0.2) is 18.5 Å². The maximum absolute atomic E-state index is 5.85. The van der Waals surface area contributed by atoms with Crippen LogP contribution in [0.1, 0.15) is 24.1 Å². The van der Waals surface area contributed by atoms with Gasteiger partial charge in [-0.2, -0.15) is 0 Å². The van der Waals surface area contributed by atoms with Gasteiger partial charge < -0.3 is 4.74 Å². The lowest BCUT2D eigenvalue weighted by Gasteiger charge is -2.36. The van der Waals surface area contributed by atoms with Crippen LogP contribution in [0.4, 0.5) is 0 Å². The highest BCUT2D eigenvalue weighted by molar-refractivity contribution is 5.21. The fourth-order valence-electron chi connectivity index (χ4n) is 2.39. The first-order valence-corrected chi connectivity index (χ1v) is 6.46. The first-order chi connectivity index (χ1) is 8.74. The first kappa shape index (κ1) is 13.4. The van der Waals surface area contributed by atoms with Gasteiger partial charge in [0.2, 0.25) is 0 Å². The van der Waals surface area contributed by atoms with Crippen molar-refractivity contribution in [1.29, 1.82) is 0 Å². The van der Waals surface area contributed by atoms with E-state index in [-0.39, 0.29) is 12.1 Å². The largest absolute Gasteiger partial charge is 0.374 e. The Bertz CT molecular complexity index is 385. The predicted octanol–water partition coefficient (Wildman–Crippen LogP) is 0.615. The van der Waals surface area contributed by atoms with Crippen LogP contribution in [0.5, 0.6) is 0 Å². The zero-order valence-electron chi connectivity index (χ0n) is 11.1. The number of aryl methyl sites for hydroxylation is 1. The van der Waals surface area contributed by atoms with Crippen molar-refractivity contribution in [2.75, 3.05) is 26.2 Å². The number of ether oxygens (including phenoxy) is 1. The van der Waals surface area contributed by atoms with Gasteiger partial charge >= 0.3 is 0 Å². The fraction of sp³-hybridized carbons (Fsp3) is 0.615. The Morgan fingerprint density at radius 2 is 2.44 bits per heavy atom. The van der Waals surface area contributed by atoms with Crippen molar-refractivity contribution in [1.82, 2.24) is 15.3 Å². The molecule has 1 aliphatic heterocycles. The quantitative estimate of drug-likeness (QED) is 0.606. The van der Waals surface area contributed by atoms with Crippen molar-refractivity contribution in [3.8, 4) is 0 Å². The number of likely N-dealkylation sites (N-methyl/N-ethyl adjacent to an activating group) is 1. The van der Waals surface area contributed by atoms with Crippen LogP contribution in [0.3, 0.4) is 0 Å². The van der Waals surface area contributed by atoms with Gasteiger partial charge in [-0.3, -0.25) is 21.2 Å². The highest BCUT2D eigenvalue weighted by Crippen LogP contribution is 2.21. The number of morpholine rings is 1. The van der Waals surface area contributed by atoms with Gasteiger partial charge in [0, 0.05) is 25.5 Å². The summed E-state index contributed by atoms with van der Waals surface area (Å²) in [5.74, 6) is 5.70. The molecular formula is C13H22N4O. The molecule has 0 saturated carbocycles. The van der Waals surface area contributed by atoms with Crippen molar-refractivity contribution in [3.05, 3.63) is 29.6 Å². The number of nitrogens with one attached hydrogen (secondary N) is 1. The van der Waals surface area contributed by atoms with E-state index in [0.29, 0.717) is 0 Å². The van der Waals surface area contributed by atoms with Gasteiger partial charge in [0.05, 0.1) is 18.8 Å². The number of nitrogens with two attached hydrogens (primary N) is 1. The number of aromatic nitrogens is 1. The summed E-state index contributed by atoms with van der Waals surface area (Å²) in [5, 5.41) is 0. The molecule has 0 aromatic carbocycles. The fourth-order valence-corrected chi connectivity index (χ4v) is 2.39. The highest BCUT2D eigenvalue weighted by atomic mass is 16.5. The lowest BCUT2D eigenvalue weighted by Crippen LogP contribution is -2.49. The standard InChI is InChI=1S/C13H22N4O/c1-3-17-4-5-18-12(9-17)13(16-14)11-6-10(2)7-15-8-11/h6-8,12-13,16H,3-5,9,14H2,1-2H3. The predicted molar refractivity (Wildman–Crippen MR) is 70.9 cm³/mol. The molecule has 5 heteroatoms. The molecule has 18 heavy (non-hydrogen) atoms. The molecule has 0 amide bonds. The molecule has 3 N–H and O–H groups in total. The van der Waals surface area contributed by atoms with E-state index in [1.54, 1.807) is 0 Å². The normalized spacial score (nSPS) is 22.9. The SMILES string of the molecule is CCN1CCOC(C(NN)c2cncc(C)c2)C1. The second-order valence-electron chi connectivity index (χ2n) is 4.74. The Morgan fingerprint density at radius 3 is 3.11 bits per heavy atom. The molecule has 0 aliphatic carbocycles. The molecule has 1 aliphatic rings. The summed E-state index contributed by atoms with van der Waals surface area (Å²) in [6, 6.07) is 2.10. The molecule has 1 aromatic rings. The van der Waals surface area contributed by atoms with Crippen LogP contribution in [-0.2, 0) is 4.74 Å². The lowest BCUT2D eigenvalue weighted by atomic mass is 10.0. The minimum Gasteiger partial charge on any atom is -0.374 e. The van der Waals surface area contributed by atoms with E-state index in [4.69, 9.17) is 10.6 Å². The van der Waals surface area contributed by atoms with Gasteiger partial charge in [-0.15, -0.1) is 0 Å². The van der Waals surface area contributed by atoms with E-state index in [0.717, 1.165) is 37.4 Å². The number of rotatable bonds is 4. The van der Waals surface area contributed by atoms with Gasteiger partial charge in [0.1, 0.15) is 0 Å². The van der Waals surface area contributed by atoms with Crippen molar-refractivity contribution in [2.24, 2.45) is 5.84 Å². The Kier molecular flexibility index (Phi) is 4.66. The number of nitrogens with zero attached hydrogens (tertiary/aromatic N) is 2. The molecule has 1 saturated heterocycles. The number of hydrogen-bond acceptors (Lipinski definition) is 5. The van der Waals surface area contributed by atoms with Crippen molar-refractivity contribution < 1.29 is 4.74 Å². The zero-order valence-corrected chi connectivity index (χ0v) is 11.1. The average Bonchev–Trinajstić information content (AvgIpc) is 2.40. The van der Waals surface area contributed by atoms with Gasteiger partial charge in [0.25, 0.3) is 0 Å². The van der Waals surface area contributed by atoms with E-state index >= 15 is 0 Å². The number of pyridine rings is 1. The van der Waals surface area contributed by atoms with Crippen molar-refractivity contribution in [2.45, 2.75) is 26.0 Å². The minimum atomic E-state index is -0.00764. The monoisotopic (exact) mass is 250 g/mol. The maximum Gasteiger partial charge on any atom is 0.0910 e. The topological polar surface area (TPSA) is 63.4 Å². The Hall–Kier alpha value is -1.01. The summed E-state index contributed by atoms with van der Waals surface area (Å²) in [6.45, 7) is 7.90. The smallest absolute Gasteiger partial charge is 0.0910 e. The average molecular weight is 250 g/mol. The first-order valence-electron chi connectivity index (χ1n) is 6.46. The zero-order chi connectivity index (χ0) is 13.0. The van der Waals surface area contributed by atoms with Crippen molar-refractivity contribution >= 4 is 0 Å². The summed E-state index contributed by atoms with van der Waals surface area (Å²) in [4.78, 5) is 6.60. The highest BCUT2D eigenvalue weighted by Gasteiger charge is 2.28. The van der Waals surface area contributed by atoms with E-state index in [2.05, 4.69) is 28.3 Å². The van der Waals surface area contributed by atoms with Crippen LogP contribution in [0.2, 0.25) is 0 Å².